The Kier molecular flexibility index (Phi) is 6.33. The maximum Gasteiger partial charge on any atom is 0.0466 e. The third-order valence-corrected chi connectivity index (χ3v) is 2.94. The molecule has 0 unspecified atom stereocenters. The molecule has 3 nitrogen and oxygen atoms in total. The van der Waals surface area contributed by atoms with Gasteiger partial charge in [-0.2, -0.15) is 0 Å². The summed E-state index contributed by atoms with van der Waals surface area (Å²) in [6, 6.07) is 0. The molecule has 1 aliphatic heterocycles. The first kappa shape index (κ1) is 12.8. The Labute approximate surface area is 69.0 Å². The maximum absolute atomic E-state index is 10.8. The molecule has 2 N–H and O–H groups in total. The van der Waals surface area contributed by atoms with E-state index in [4.69, 9.17) is 4.78 Å². The van der Waals surface area contributed by atoms with Crippen LogP contribution in [0.4, 0.5) is 0 Å². The van der Waals surface area contributed by atoms with Gasteiger partial charge in [0.1, 0.15) is 0 Å². The summed E-state index contributed by atoms with van der Waals surface area (Å²) < 4.78 is 17.9. The molecule has 0 aliphatic carbocycles. The van der Waals surface area contributed by atoms with Crippen molar-refractivity contribution in [1.29, 1.82) is 4.78 Å². The molecule has 0 bridgehead atoms. The third-order valence-electron chi connectivity index (χ3n) is 1.22. The SMILES string of the molecule is C.Cl.N=S1(=O)CCNCC1. The summed E-state index contributed by atoms with van der Waals surface area (Å²) in [7, 11) is -2.15. The molecular weight excluding hydrogens is 172 g/mol. The summed E-state index contributed by atoms with van der Waals surface area (Å²) >= 11 is 0. The average molecular weight is 187 g/mol. The van der Waals surface area contributed by atoms with Crippen LogP contribution in [0.3, 0.4) is 0 Å². The van der Waals surface area contributed by atoms with Gasteiger partial charge in [0.05, 0.1) is 0 Å². The Bertz CT molecular complexity index is 154. The van der Waals surface area contributed by atoms with Gasteiger partial charge in [0.25, 0.3) is 0 Å². The van der Waals surface area contributed by atoms with Crippen molar-refractivity contribution in [3.05, 3.63) is 0 Å². The van der Waals surface area contributed by atoms with Crippen molar-refractivity contribution in [1.82, 2.24) is 5.32 Å². The van der Waals surface area contributed by atoms with Gasteiger partial charge in [-0.15, -0.1) is 12.4 Å². The molecule has 0 atom stereocenters. The standard InChI is InChI=1S/C4H10N2OS.CH4.ClH/c5-8(7)3-1-6-2-4-8;;/h5-6H,1-4H2;1H4;1H. The molecule has 0 aromatic heterocycles. The van der Waals surface area contributed by atoms with Gasteiger partial charge >= 0.3 is 0 Å². The van der Waals surface area contributed by atoms with E-state index in [0.29, 0.717) is 11.5 Å². The Morgan fingerprint density at radius 3 is 1.90 bits per heavy atom. The molecule has 0 radical (unpaired) electrons. The van der Waals surface area contributed by atoms with Crippen LogP contribution in [-0.4, -0.2) is 28.8 Å². The summed E-state index contributed by atoms with van der Waals surface area (Å²) in [5.74, 6) is 1.07. The molecular formula is C5H15ClN2OS. The Morgan fingerprint density at radius 2 is 1.70 bits per heavy atom. The molecule has 0 spiro atoms. The van der Waals surface area contributed by atoms with Crippen LogP contribution in [0.5, 0.6) is 0 Å². The lowest BCUT2D eigenvalue weighted by atomic mass is 10.6. The highest BCUT2D eigenvalue weighted by Crippen LogP contribution is 1.93. The van der Waals surface area contributed by atoms with Crippen molar-refractivity contribution < 1.29 is 4.21 Å². The first-order chi connectivity index (χ1) is 3.71. The fourth-order valence-corrected chi connectivity index (χ4v) is 1.85. The first-order valence-corrected chi connectivity index (χ1v) is 4.55. The van der Waals surface area contributed by atoms with Crippen LogP contribution in [0, 0.1) is 4.78 Å². The summed E-state index contributed by atoms with van der Waals surface area (Å²) in [5.41, 5.74) is 0. The van der Waals surface area contributed by atoms with Crippen LogP contribution in [0.2, 0.25) is 0 Å². The summed E-state index contributed by atoms with van der Waals surface area (Å²) in [4.78, 5) is 0. The van der Waals surface area contributed by atoms with Gasteiger partial charge in [-0.1, -0.05) is 7.43 Å². The van der Waals surface area contributed by atoms with E-state index in [1.165, 1.54) is 0 Å². The zero-order valence-corrected chi connectivity index (χ0v) is 6.69. The number of hydrogen-bond donors (Lipinski definition) is 2. The normalized spacial score (nSPS) is 22.0. The highest BCUT2D eigenvalue weighted by atomic mass is 35.5. The van der Waals surface area contributed by atoms with E-state index < -0.39 is 9.73 Å². The molecule has 64 valence electrons. The van der Waals surface area contributed by atoms with Gasteiger partial charge in [-0.3, -0.25) is 4.78 Å². The van der Waals surface area contributed by atoms with E-state index in [1.54, 1.807) is 0 Å². The molecule has 0 saturated carbocycles. The lowest BCUT2D eigenvalue weighted by Crippen LogP contribution is -2.35. The molecule has 10 heavy (non-hydrogen) atoms. The summed E-state index contributed by atoms with van der Waals surface area (Å²) in [6.07, 6.45) is 0. The van der Waals surface area contributed by atoms with E-state index >= 15 is 0 Å². The van der Waals surface area contributed by atoms with Gasteiger partial charge in [0.15, 0.2) is 0 Å². The highest BCUT2D eigenvalue weighted by Gasteiger charge is 2.09. The second kappa shape index (κ2) is 4.93. The third kappa shape index (κ3) is 4.09. The van der Waals surface area contributed by atoms with E-state index in [9.17, 15) is 4.21 Å². The van der Waals surface area contributed by atoms with E-state index in [2.05, 4.69) is 5.32 Å². The Hall–Kier alpha value is 0.200. The molecule has 1 rings (SSSR count). The molecule has 0 amide bonds. The van der Waals surface area contributed by atoms with Crippen LogP contribution in [0.1, 0.15) is 7.43 Å². The van der Waals surface area contributed by atoms with Crippen molar-refractivity contribution in [3.63, 3.8) is 0 Å². The van der Waals surface area contributed by atoms with E-state index in [-0.39, 0.29) is 19.8 Å². The van der Waals surface area contributed by atoms with Gasteiger partial charge in [-0.25, -0.2) is 4.21 Å². The fraction of sp³-hybridized carbons (Fsp3) is 1.00. The fourth-order valence-electron chi connectivity index (χ4n) is 0.701. The quantitative estimate of drug-likeness (QED) is 0.585. The van der Waals surface area contributed by atoms with E-state index in [1.807, 2.05) is 0 Å². The predicted octanol–water partition coefficient (Wildman–Crippen LogP) is 0.694. The van der Waals surface area contributed by atoms with E-state index in [0.717, 1.165) is 13.1 Å². The summed E-state index contributed by atoms with van der Waals surface area (Å²) in [6.45, 7) is 1.50. The zero-order chi connectivity index (χ0) is 6.04. The second-order valence-corrected chi connectivity index (χ2v) is 4.41. The minimum absolute atomic E-state index is 0. The average Bonchev–Trinajstić information content (AvgIpc) is 1.65. The molecule has 1 aliphatic rings. The van der Waals surface area contributed by atoms with Crippen molar-refractivity contribution in [2.45, 2.75) is 7.43 Å². The highest BCUT2D eigenvalue weighted by molar-refractivity contribution is 7.92. The lowest BCUT2D eigenvalue weighted by Gasteiger charge is -2.13. The molecule has 0 aromatic carbocycles. The van der Waals surface area contributed by atoms with Crippen LogP contribution in [-0.2, 0) is 9.73 Å². The Balaban J connectivity index is 0. The van der Waals surface area contributed by atoms with Crippen LogP contribution in [0.25, 0.3) is 0 Å². The number of hydrogen-bond acceptors (Lipinski definition) is 3. The molecule has 1 heterocycles. The van der Waals surface area contributed by atoms with Crippen LogP contribution >= 0.6 is 12.4 Å². The van der Waals surface area contributed by atoms with Gasteiger partial charge in [0.2, 0.25) is 0 Å². The second-order valence-electron chi connectivity index (χ2n) is 1.97. The number of nitrogens with one attached hydrogen (secondary N) is 2. The Morgan fingerprint density at radius 1 is 1.30 bits per heavy atom. The lowest BCUT2D eigenvalue weighted by molar-refractivity contribution is 0.650. The number of halogens is 1. The van der Waals surface area contributed by atoms with Crippen LogP contribution in [0.15, 0.2) is 0 Å². The van der Waals surface area contributed by atoms with Crippen LogP contribution < -0.4 is 5.32 Å². The first-order valence-electron chi connectivity index (χ1n) is 2.66. The minimum atomic E-state index is -2.15. The van der Waals surface area contributed by atoms with Gasteiger partial charge in [0, 0.05) is 34.3 Å². The van der Waals surface area contributed by atoms with Gasteiger partial charge in [-0.05, 0) is 0 Å². The van der Waals surface area contributed by atoms with Crippen molar-refractivity contribution in [2.75, 3.05) is 24.6 Å². The zero-order valence-electron chi connectivity index (χ0n) is 5.05. The van der Waals surface area contributed by atoms with Crippen molar-refractivity contribution in [3.8, 4) is 0 Å². The molecule has 1 saturated heterocycles. The van der Waals surface area contributed by atoms with Crippen molar-refractivity contribution in [2.24, 2.45) is 0 Å². The summed E-state index contributed by atoms with van der Waals surface area (Å²) in [5, 5.41) is 3.04. The maximum atomic E-state index is 10.8. The molecule has 1 fully saturated rings. The smallest absolute Gasteiger partial charge is 0.0466 e. The predicted molar refractivity (Wildman–Crippen MR) is 47.4 cm³/mol. The topological polar surface area (TPSA) is 53.0 Å². The van der Waals surface area contributed by atoms with Gasteiger partial charge < -0.3 is 5.32 Å². The number of rotatable bonds is 0. The monoisotopic (exact) mass is 186 g/mol. The largest absolute Gasteiger partial charge is 0.315 e. The molecule has 0 aromatic rings. The minimum Gasteiger partial charge on any atom is -0.315 e. The molecule has 5 heteroatoms. The van der Waals surface area contributed by atoms with Crippen molar-refractivity contribution >= 4 is 22.1 Å².